The molecule has 4 nitrogen and oxygen atoms in total. The van der Waals surface area contributed by atoms with E-state index in [-0.39, 0.29) is 0 Å². The Morgan fingerprint density at radius 3 is 2.81 bits per heavy atom. The van der Waals surface area contributed by atoms with Crippen LogP contribution in [0.5, 0.6) is 0 Å². The molecule has 1 fully saturated rings. The minimum Gasteiger partial charge on any atom is -0.312 e. The van der Waals surface area contributed by atoms with Gasteiger partial charge in [0.2, 0.25) is 0 Å². The SMILES string of the molecule is CCCNC(Cc1c(C)nn(C)c1Cl)C1CSCCN1C. The molecule has 1 aromatic rings. The first kappa shape index (κ1) is 17.1. The molecule has 0 saturated carbocycles. The van der Waals surface area contributed by atoms with Gasteiger partial charge in [-0.2, -0.15) is 16.9 Å². The van der Waals surface area contributed by atoms with Crippen LogP contribution in [-0.2, 0) is 13.5 Å². The molecule has 1 saturated heterocycles. The Labute approximate surface area is 137 Å². The monoisotopic (exact) mass is 330 g/mol. The third-order valence-electron chi connectivity index (χ3n) is 4.26. The van der Waals surface area contributed by atoms with Crippen molar-refractivity contribution in [3.05, 3.63) is 16.4 Å². The van der Waals surface area contributed by atoms with Crippen LogP contribution in [-0.4, -0.2) is 58.4 Å². The Kier molecular flexibility index (Phi) is 6.41. The highest BCUT2D eigenvalue weighted by molar-refractivity contribution is 7.99. The second-order valence-corrected chi connectivity index (χ2v) is 7.37. The van der Waals surface area contributed by atoms with Crippen LogP contribution >= 0.6 is 23.4 Å². The summed E-state index contributed by atoms with van der Waals surface area (Å²) in [6, 6.07) is 0.995. The lowest BCUT2D eigenvalue weighted by Gasteiger charge is -2.38. The fourth-order valence-electron chi connectivity index (χ4n) is 2.93. The number of hydrogen-bond donors (Lipinski definition) is 1. The summed E-state index contributed by atoms with van der Waals surface area (Å²) in [6.07, 6.45) is 2.11. The van der Waals surface area contributed by atoms with Crippen LogP contribution in [0.25, 0.3) is 0 Å². The fourth-order valence-corrected chi connectivity index (χ4v) is 4.49. The molecule has 1 aliphatic heterocycles. The van der Waals surface area contributed by atoms with Crippen molar-refractivity contribution in [3.63, 3.8) is 0 Å². The van der Waals surface area contributed by atoms with Crippen molar-refractivity contribution in [1.29, 1.82) is 0 Å². The zero-order valence-corrected chi connectivity index (χ0v) is 15.1. The van der Waals surface area contributed by atoms with Crippen LogP contribution in [0.1, 0.15) is 24.6 Å². The van der Waals surface area contributed by atoms with Gasteiger partial charge in [-0.3, -0.25) is 4.68 Å². The predicted molar refractivity (Wildman–Crippen MR) is 92.5 cm³/mol. The van der Waals surface area contributed by atoms with Crippen LogP contribution in [0.3, 0.4) is 0 Å². The summed E-state index contributed by atoms with van der Waals surface area (Å²) < 4.78 is 1.78. The minimum absolute atomic E-state index is 0.433. The van der Waals surface area contributed by atoms with E-state index in [2.05, 4.69) is 48.0 Å². The minimum atomic E-state index is 0.433. The molecule has 6 heteroatoms. The molecule has 2 heterocycles. The van der Waals surface area contributed by atoms with Crippen molar-refractivity contribution < 1.29 is 0 Å². The number of hydrogen-bond acceptors (Lipinski definition) is 4. The van der Waals surface area contributed by atoms with Gasteiger partial charge in [-0.1, -0.05) is 18.5 Å². The number of thioether (sulfide) groups is 1. The highest BCUT2D eigenvalue weighted by atomic mass is 35.5. The molecule has 120 valence electrons. The van der Waals surface area contributed by atoms with E-state index in [9.17, 15) is 0 Å². The van der Waals surface area contributed by atoms with E-state index in [1.165, 1.54) is 23.6 Å². The van der Waals surface area contributed by atoms with E-state index < -0.39 is 0 Å². The van der Waals surface area contributed by atoms with Gasteiger partial charge in [0.15, 0.2) is 0 Å². The van der Waals surface area contributed by atoms with Crippen molar-refractivity contribution >= 4 is 23.4 Å². The van der Waals surface area contributed by atoms with Crippen molar-refractivity contribution in [2.24, 2.45) is 7.05 Å². The van der Waals surface area contributed by atoms with Gasteiger partial charge in [0.1, 0.15) is 5.15 Å². The van der Waals surface area contributed by atoms with Gasteiger partial charge in [-0.15, -0.1) is 0 Å². The Morgan fingerprint density at radius 1 is 1.48 bits per heavy atom. The number of likely N-dealkylation sites (N-methyl/N-ethyl adjacent to an activating group) is 1. The molecule has 0 aliphatic carbocycles. The Hall–Kier alpha value is -0.230. The number of rotatable bonds is 6. The summed E-state index contributed by atoms with van der Waals surface area (Å²) in [4.78, 5) is 2.49. The summed E-state index contributed by atoms with van der Waals surface area (Å²) >= 11 is 8.48. The van der Waals surface area contributed by atoms with E-state index in [4.69, 9.17) is 11.6 Å². The maximum Gasteiger partial charge on any atom is 0.130 e. The molecule has 0 spiro atoms. The number of halogens is 1. The number of nitrogens with one attached hydrogen (secondary N) is 1. The number of aryl methyl sites for hydroxylation is 2. The zero-order chi connectivity index (χ0) is 15.4. The Morgan fingerprint density at radius 2 is 2.24 bits per heavy atom. The summed E-state index contributed by atoms with van der Waals surface area (Å²) in [6.45, 7) is 6.49. The molecule has 2 atom stereocenters. The average Bonchev–Trinajstić information content (AvgIpc) is 2.70. The van der Waals surface area contributed by atoms with Crippen molar-refractivity contribution in [1.82, 2.24) is 20.0 Å². The van der Waals surface area contributed by atoms with Crippen LogP contribution in [0, 0.1) is 6.92 Å². The van der Waals surface area contributed by atoms with Crippen molar-refractivity contribution in [3.8, 4) is 0 Å². The van der Waals surface area contributed by atoms with Crippen molar-refractivity contribution in [2.45, 2.75) is 38.8 Å². The van der Waals surface area contributed by atoms with Gasteiger partial charge in [-0.05, 0) is 33.4 Å². The van der Waals surface area contributed by atoms with Gasteiger partial charge in [0.25, 0.3) is 0 Å². The molecule has 1 N–H and O–H groups in total. The standard InChI is InChI=1S/C15H27ClN4S/c1-5-6-17-13(14-10-21-8-7-19(14)3)9-12-11(2)18-20(4)15(12)16/h13-14,17H,5-10H2,1-4H3. The summed E-state index contributed by atoms with van der Waals surface area (Å²) in [5.41, 5.74) is 2.24. The van der Waals surface area contributed by atoms with E-state index in [0.717, 1.165) is 30.2 Å². The molecule has 0 amide bonds. The maximum absolute atomic E-state index is 6.42. The van der Waals surface area contributed by atoms with Crippen LogP contribution < -0.4 is 5.32 Å². The van der Waals surface area contributed by atoms with Gasteiger partial charge in [0.05, 0.1) is 5.69 Å². The molecule has 0 radical (unpaired) electrons. The number of aromatic nitrogens is 2. The molecular weight excluding hydrogens is 304 g/mol. The van der Waals surface area contributed by atoms with E-state index in [1.54, 1.807) is 4.68 Å². The average molecular weight is 331 g/mol. The molecule has 0 bridgehead atoms. The first-order chi connectivity index (χ1) is 10.0. The molecular formula is C15H27ClN4S. The molecule has 2 unspecified atom stereocenters. The molecule has 2 rings (SSSR count). The summed E-state index contributed by atoms with van der Waals surface area (Å²) in [5, 5.41) is 8.96. The molecule has 0 aromatic carbocycles. The van der Waals surface area contributed by atoms with Gasteiger partial charge in [0, 0.05) is 42.7 Å². The first-order valence-electron chi connectivity index (χ1n) is 7.74. The Balaban J connectivity index is 2.15. The lowest BCUT2D eigenvalue weighted by molar-refractivity contribution is 0.213. The fraction of sp³-hybridized carbons (Fsp3) is 0.800. The lowest BCUT2D eigenvalue weighted by atomic mass is 9.99. The lowest BCUT2D eigenvalue weighted by Crippen LogP contribution is -2.53. The third-order valence-corrected chi connectivity index (χ3v) is 5.78. The van der Waals surface area contributed by atoms with Gasteiger partial charge < -0.3 is 10.2 Å². The largest absolute Gasteiger partial charge is 0.312 e. The third kappa shape index (κ3) is 4.15. The van der Waals surface area contributed by atoms with E-state index in [0.29, 0.717) is 12.1 Å². The topological polar surface area (TPSA) is 33.1 Å². The zero-order valence-electron chi connectivity index (χ0n) is 13.5. The second-order valence-electron chi connectivity index (χ2n) is 5.87. The number of nitrogens with zero attached hydrogens (tertiary/aromatic N) is 3. The molecule has 1 aromatic heterocycles. The van der Waals surface area contributed by atoms with Crippen LogP contribution in [0.15, 0.2) is 0 Å². The second kappa shape index (κ2) is 7.86. The quantitative estimate of drug-likeness (QED) is 0.868. The first-order valence-corrected chi connectivity index (χ1v) is 9.27. The smallest absolute Gasteiger partial charge is 0.130 e. The normalized spacial score (nSPS) is 21.7. The highest BCUT2D eigenvalue weighted by Crippen LogP contribution is 2.24. The van der Waals surface area contributed by atoms with E-state index in [1.807, 2.05) is 7.05 Å². The summed E-state index contributed by atoms with van der Waals surface area (Å²) in [7, 11) is 4.15. The van der Waals surface area contributed by atoms with Gasteiger partial charge >= 0.3 is 0 Å². The molecule has 21 heavy (non-hydrogen) atoms. The maximum atomic E-state index is 6.42. The Bertz CT molecular complexity index is 463. The highest BCUT2D eigenvalue weighted by Gasteiger charge is 2.29. The van der Waals surface area contributed by atoms with Crippen molar-refractivity contribution in [2.75, 3.05) is 31.6 Å². The predicted octanol–water partition coefficient (Wildman–Crippen LogP) is 2.34. The van der Waals surface area contributed by atoms with Crippen LogP contribution in [0.4, 0.5) is 0 Å². The van der Waals surface area contributed by atoms with Crippen LogP contribution in [0.2, 0.25) is 5.15 Å². The van der Waals surface area contributed by atoms with E-state index >= 15 is 0 Å². The summed E-state index contributed by atoms with van der Waals surface area (Å²) in [5.74, 6) is 2.43. The van der Waals surface area contributed by atoms with Gasteiger partial charge in [-0.25, -0.2) is 0 Å². The molecule has 1 aliphatic rings.